The number of hydrogen-bond acceptors (Lipinski definition) is 4. The molecule has 2 bridgehead atoms. The molecule has 11 heteroatoms. The number of nitrogens with two attached hydrogens (primary N) is 1. The monoisotopic (exact) mass is 378 g/mol. The molecule has 9 nitrogen and oxygen atoms in total. The number of carbonyl (C=O) groups excluding carboxylic acids is 3. The molecule has 5 N–H and O–H groups in total. The van der Waals surface area contributed by atoms with Crippen LogP contribution in [0.3, 0.4) is 0 Å². The van der Waals surface area contributed by atoms with Gasteiger partial charge in [0.05, 0.1) is 6.54 Å². The Balaban J connectivity index is 2.01. The predicted molar refractivity (Wildman–Crippen MR) is 83.8 cm³/mol. The minimum Gasteiger partial charge on any atom is -0.465 e. The first-order valence-corrected chi connectivity index (χ1v) is 8.23. The van der Waals surface area contributed by atoms with Crippen LogP contribution in [0.5, 0.6) is 0 Å². The predicted octanol–water partition coefficient (Wildman–Crippen LogP) is 0.0824. The number of hydrazine groups is 1. The van der Waals surface area contributed by atoms with Crippen molar-refractivity contribution < 1.29 is 28.7 Å². The second kappa shape index (κ2) is 7.42. The van der Waals surface area contributed by atoms with Gasteiger partial charge in [0.2, 0.25) is 5.91 Å². The normalized spacial score (nSPS) is 25.6. The van der Waals surface area contributed by atoms with Crippen LogP contribution in [0.25, 0.3) is 0 Å². The molecule has 0 heterocycles. The van der Waals surface area contributed by atoms with E-state index in [0.29, 0.717) is 17.3 Å². The molecule has 2 unspecified atom stereocenters. The zero-order chi connectivity index (χ0) is 18.8. The Hall–Kier alpha value is -2.10. The van der Waals surface area contributed by atoms with Crippen molar-refractivity contribution in [1.82, 2.24) is 15.8 Å². The van der Waals surface area contributed by atoms with Crippen LogP contribution in [-0.2, 0) is 14.4 Å². The summed E-state index contributed by atoms with van der Waals surface area (Å²) in [6.07, 6.45) is 1.41. The van der Waals surface area contributed by atoms with E-state index in [1.54, 1.807) is 0 Å². The van der Waals surface area contributed by atoms with E-state index >= 15 is 0 Å². The maximum atomic E-state index is 13.1. The number of nitrogens with one attached hydrogen (secondary N) is 2. The molecule has 0 aromatic rings. The maximum Gasteiger partial charge on any atom is 0.405 e. The van der Waals surface area contributed by atoms with E-state index < -0.39 is 35.5 Å². The molecular weight excluding hydrogens is 359 g/mol. The first kappa shape index (κ1) is 19.2. The van der Waals surface area contributed by atoms with Crippen molar-refractivity contribution in [1.29, 1.82) is 0 Å². The van der Waals surface area contributed by atoms with Gasteiger partial charge in [0, 0.05) is 6.42 Å². The molecule has 0 spiro atoms. The van der Waals surface area contributed by atoms with Gasteiger partial charge in [-0.3, -0.25) is 19.8 Å². The minimum absolute atomic E-state index is 0.0493. The van der Waals surface area contributed by atoms with Crippen molar-refractivity contribution in [2.75, 3.05) is 6.54 Å². The molecule has 140 valence electrons. The summed E-state index contributed by atoms with van der Waals surface area (Å²) < 4.78 is 13.1. The minimum atomic E-state index is -2.42. The SMILES string of the molecule is NC(=O)CCN(NC(=O)C(CC12CC(C1)C2)NC(=O)O)C(=O)C(F)Cl. The third-order valence-electron chi connectivity index (χ3n) is 4.70. The number of halogens is 2. The molecule has 3 saturated carbocycles. The first-order valence-electron chi connectivity index (χ1n) is 7.80. The van der Waals surface area contributed by atoms with E-state index in [1.807, 2.05) is 0 Å². The lowest BCUT2D eigenvalue weighted by Crippen LogP contribution is -2.60. The first-order chi connectivity index (χ1) is 11.6. The number of amides is 4. The smallest absolute Gasteiger partial charge is 0.405 e. The number of hydrogen-bond donors (Lipinski definition) is 4. The van der Waals surface area contributed by atoms with Gasteiger partial charge in [0.15, 0.2) is 0 Å². The van der Waals surface area contributed by atoms with Gasteiger partial charge in [0.1, 0.15) is 6.04 Å². The molecule has 3 fully saturated rings. The molecule has 25 heavy (non-hydrogen) atoms. The topological polar surface area (TPSA) is 142 Å². The standard InChI is InChI=1S/C14H20ClFN4O5/c15-10(16)12(23)20(2-1-9(17)21)19-11(22)8(18-13(24)25)6-14-3-7(4-14)5-14/h7-8,10,18H,1-6H2,(H2,17,21)(H,19,22)(H,24,25). The third-order valence-corrected chi connectivity index (χ3v) is 4.88. The lowest BCUT2D eigenvalue weighted by molar-refractivity contribution is -0.148. The van der Waals surface area contributed by atoms with Crippen LogP contribution >= 0.6 is 11.6 Å². The third kappa shape index (κ3) is 4.71. The van der Waals surface area contributed by atoms with Crippen LogP contribution < -0.4 is 16.5 Å². The molecule has 0 aliphatic heterocycles. The van der Waals surface area contributed by atoms with E-state index in [4.69, 9.17) is 22.4 Å². The number of carbonyl (C=O) groups is 4. The Morgan fingerprint density at radius 3 is 2.32 bits per heavy atom. The number of primary amides is 1. The molecule has 0 saturated heterocycles. The average Bonchev–Trinajstić information content (AvgIpc) is 2.42. The van der Waals surface area contributed by atoms with Crippen molar-refractivity contribution in [3.05, 3.63) is 0 Å². The molecule has 2 atom stereocenters. The maximum absolute atomic E-state index is 13.1. The molecule has 0 aromatic heterocycles. The van der Waals surface area contributed by atoms with Crippen LogP contribution in [0.2, 0.25) is 0 Å². The average molecular weight is 379 g/mol. The molecule has 3 aliphatic rings. The summed E-state index contributed by atoms with van der Waals surface area (Å²) in [5.74, 6) is -2.20. The van der Waals surface area contributed by atoms with Crippen LogP contribution in [0.4, 0.5) is 9.18 Å². The van der Waals surface area contributed by atoms with Crippen molar-refractivity contribution in [3.63, 3.8) is 0 Å². The molecule has 3 rings (SSSR count). The van der Waals surface area contributed by atoms with Crippen LogP contribution in [0, 0.1) is 11.3 Å². The van der Waals surface area contributed by atoms with Gasteiger partial charge in [0.25, 0.3) is 17.4 Å². The zero-order valence-electron chi connectivity index (χ0n) is 13.3. The summed E-state index contributed by atoms with van der Waals surface area (Å²) in [6, 6.07) is -1.10. The van der Waals surface area contributed by atoms with E-state index in [9.17, 15) is 23.6 Å². The fourth-order valence-corrected chi connectivity index (χ4v) is 3.59. The molecular formula is C14H20ClFN4O5. The van der Waals surface area contributed by atoms with Crippen molar-refractivity contribution >= 4 is 35.4 Å². The Bertz CT molecular complexity index is 571. The summed E-state index contributed by atoms with van der Waals surface area (Å²) in [6.45, 7) is -0.375. The summed E-state index contributed by atoms with van der Waals surface area (Å²) in [5, 5.41) is 11.6. The van der Waals surface area contributed by atoms with E-state index in [2.05, 4.69) is 10.7 Å². The zero-order valence-corrected chi connectivity index (χ0v) is 14.1. The molecule has 0 radical (unpaired) electrons. The number of carboxylic acid groups (broad SMARTS) is 1. The van der Waals surface area contributed by atoms with Crippen molar-refractivity contribution in [2.45, 2.75) is 43.8 Å². The van der Waals surface area contributed by atoms with Gasteiger partial charge in [-0.1, -0.05) is 11.6 Å². The molecule has 0 aromatic carbocycles. The summed E-state index contributed by atoms with van der Waals surface area (Å²) in [4.78, 5) is 45.9. The summed E-state index contributed by atoms with van der Waals surface area (Å²) in [7, 11) is 0. The summed E-state index contributed by atoms with van der Waals surface area (Å²) >= 11 is 5.09. The quantitative estimate of drug-likeness (QED) is 0.349. The largest absolute Gasteiger partial charge is 0.465 e. The Labute approximate surface area is 148 Å². The van der Waals surface area contributed by atoms with Gasteiger partial charge in [-0.05, 0) is 37.0 Å². The molecule has 4 amide bonds. The number of nitrogens with zero attached hydrogens (tertiary/aromatic N) is 1. The van der Waals surface area contributed by atoms with Crippen LogP contribution in [0.1, 0.15) is 32.1 Å². The Morgan fingerprint density at radius 2 is 1.92 bits per heavy atom. The highest BCUT2D eigenvalue weighted by Crippen LogP contribution is 2.66. The van der Waals surface area contributed by atoms with Crippen LogP contribution in [0.15, 0.2) is 0 Å². The second-order valence-corrected chi connectivity index (χ2v) is 7.05. The van der Waals surface area contributed by atoms with Gasteiger partial charge in [-0.25, -0.2) is 14.2 Å². The highest BCUT2D eigenvalue weighted by atomic mass is 35.5. The lowest BCUT2D eigenvalue weighted by Gasteiger charge is -2.63. The van der Waals surface area contributed by atoms with Gasteiger partial charge in [-0.2, -0.15) is 0 Å². The highest BCUT2D eigenvalue weighted by Gasteiger charge is 2.57. The Morgan fingerprint density at radius 1 is 1.32 bits per heavy atom. The van der Waals surface area contributed by atoms with E-state index in [1.165, 1.54) is 0 Å². The molecule has 3 aliphatic carbocycles. The fraction of sp³-hybridized carbons (Fsp3) is 0.714. The second-order valence-electron chi connectivity index (χ2n) is 6.67. The van der Waals surface area contributed by atoms with E-state index in [0.717, 1.165) is 19.3 Å². The number of rotatable bonds is 8. The van der Waals surface area contributed by atoms with Crippen molar-refractivity contribution in [3.8, 4) is 0 Å². The van der Waals surface area contributed by atoms with Crippen LogP contribution in [-0.4, -0.2) is 52.1 Å². The fourth-order valence-electron chi connectivity index (χ4n) is 3.47. The van der Waals surface area contributed by atoms with Crippen molar-refractivity contribution in [2.24, 2.45) is 17.1 Å². The highest BCUT2D eigenvalue weighted by molar-refractivity contribution is 6.29. The lowest BCUT2D eigenvalue weighted by atomic mass is 9.43. The Kier molecular flexibility index (Phi) is 5.71. The van der Waals surface area contributed by atoms with Gasteiger partial charge >= 0.3 is 6.09 Å². The number of alkyl halides is 2. The summed E-state index contributed by atoms with van der Waals surface area (Å²) in [5.41, 5.74) is 4.65. The van der Waals surface area contributed by atoms with E-state index in [-0.39, 0.29) is 18.4 Å². The van der Waals surface area contributed by atoms with Gasteiger partial charge in [-0.15, -0.1) is 0 Å². The van der Waals surface area contributed by atoms with Gasteiger partial charge < -0.3 is 16.2 Å².